The number of rotatable bonds is 2. The van der Waals surface area contributed by atoms with Crippen LogP contribution in [0.25, 0.3) is 0 Å². The molecule has 98 valence electrons. The van der Waals surface area contributed by atoms with Crippen LogP contribution in [0.15, 0.2) is 22.7 Å². The second-order valence-electron chi connectivity index (χ2n) is 4.32. The van der Waals surface area contributed by atoms with Gasteiger partial charge < -0.3 is 0 Å². The van der Waals surface area contributed by atoms with Crippen molar-refractivity contribution in [3.05, 3.63) is 44.6 Å². The minimum atomic E-state index is -0.378. The molecule has 1 aromatic carbocycles. The van der Waals surface area contributed by atoms with Crippen molar-refractivity contribution in [3.63, 3.8) is 0 Å². The number of aryl methyl sites for hydroxylation is 2. The number of aromatic nitrogens is 1. The minimum absolute atomic E-state index is 0.278. The Bertz CT molecular complexity index is 635. The molecule has 1 aliphatic carbocycles. The molecule has 6 heteroatoms. The van der Waals surface area contributed by atoms with Crippen LogP contribution in [0.2, 0.25) is 0 Å². The van der Waals surface area contributed by atoms with Gasteiger partial charge >= 0.3 is 0 Å². The Kier molecular flexibility index (Phi) is 3.36. The highest BCUT2D eigenvalue weighted by Gasteiger charge is 2.19. The molecular weight excluding hydrogens is 331 g/mol. The average molecular weight is 341 g/mol. The third-order valence-corrected chi connectivity index (χ3v) is 4.72. The molecule has 0 aliphatic heterocycles. The Morgan fingerprint density at radius 2 is 2.26 bits per heavy atom. The summed E-state index contributed by atoms with van der Waals surface area (Å²) in [6.45, 7) is 0. The zero-order valence-electron chi connectivity index (χ0n) is 9.87. The maximum absolute atomic E-state index is 13.0. The van der Waals surface area contributed by atoms with E-state index in [2.05, 4.69) is 26.2 Å². The van der Waals surface area contributed by atoms with Gasteiger partial charge in [-0.3, -0.25) is 10.1 Å². The molecule has 0 unspecified atom stereocenters. The highest BCUT2D eigenvalue weighted by atomic mass is 79.9. The van der Waals surface area contributed by atoms with Gasteiger partial charge in [-0.15, -0.1) is 11.3 Å². The number of nitrogens with one attached hydrogen (secondary N) is 1. The first-order valence-electron chi connectivity index (χ1n) is 5.88. The van der Waals surface area contributed by atoms with E-state index in [1.165, 1.54) is 34.4 Å². The van der Waals surface area contributed by atoms with Crippen molar-refractivity contribution in [2.45, 2.75) is 19.3 Å². The first-order valence-corrected chi connectivity index (χ1v) is 7.49. The van der Waals surface area contributed by atoms with E-state index in [9.17, 15) is 9.18 Å². The number of fused-ring (bicyclic) bond motifs is 1. The summed E-state index contributed by atoms with van der Waals surface area (Å²) in [6, 6.07) is 3.99. The van der Waals surface area contributed by atoms with E-state index in [-0.39, 0.29) is 11.7 Å². The third-order valence-electron chi connectivity index (χ3n) is 2.99. The summed E-state index contributed by atoms with van der Waals surface area (Å²) in [5, 5.41) is 3.38. The molecule has 0 fully saturated rings. The van der Waals surface area contributed by atoms with Gasteiger partial charge in [-0.25, -0.2) is 9.37 Å². The highest BCUT2D eigenvalue weighted by molar-refractivity contribution is 9.10. The van der Waals surface area contributed by atoms with E-state index < -0.39 is 0 Å². The molecule has 1 heterocycles. The number of nitrogens with zero attached hydrogens (tertiary/aromatic N) is 1. The van der Waals surface area contributed by atoms with Crippen molar-refractivity contribution in [1.29, 1.82) is 0 Å². The number of carbonyl (C=O) groups is 1. The topological polar surface area (TPSA) is 42.0 Å². The quantitative estimate of drug-likeness (QED) is 0.903. The molecule has 19 heavy (non-hydrogen) atoms. The van der Waals surface area contributed by atoms with Crippen molar-refractivity contribution in [1.82, 2.24) is 4.98 Å². The summed E-state index contributed by atoms with van der Waals surface area (Å²) < 4.78 is 13.4. The van der Waals surface area contributed by atoms with E-state index in [1.807, 2.05) is 0 Å². The molecule has 3 nitrogen and oxygen atoms in total. The van der Waals surface area contributed by atoms with Crippen LogP contribution in [0.5, 0.6) is 0 Å². The molecule has 0 atom stereocenters. The zero-order valence-corrected chi connectivity index (χ0v) is 12.3. The number of hydrogen-bond donors (Lipinski definition) is 1. The van der Waals surface area contributed by atoms with Crippen LogP contribution in [0.4, 0.5) is 9.52 Å². The summed E-state index contributed by atoms with van der Waals surface area (Å²) in [6.07, 6.45) is 3.18. The van der Waals surface area contributed by atoms with Gasteiger partial charge in [-0.1, -0.05) is 0 Å². The molecule has 2 aromatic rings. The van der Waals surface area contributed by atoms with Crippen molar-refractivity contribution in [2.24, 2.45) is 0 Å². The van der Waals surface area contributed by atoms with Gasteiger partial charge in [0.25, 0.3) is 5.91 Å². The van der Waals surface area contributed by atoms with Gasteiger partial charge in [-0.2, -0.15) is 0 Å². The first-order chi connectivity index (χ1) is 9.13. The van der Waals surface area contributed by atoms with Gasteiger partial charge in [0.2, 0.25) is 0 Å². The predicted octanol–water partition coefficient (Wildman–Crippen LogP) is 3.79. The second-order valence-corrected chi connectivity index (χ2v) is 6.26. The molecule has 0 saturated heterocycles. The van der Waals surface area contributed by atoms with Crippen LogP contribution < -0.4 is 5.32 Å². The van der Waals surface area contributed by atoms with Gasteiger partial charge in [0.1, 0.15) is 5.82 Å². The summed E-state index contributed by atoms with van der Waals surface area (Å²) >= 11 is 4.71. The number of thiazole rings is 1. The monoisotopic (exact) mass is 340 g/mol. The number of amides is 1. The Balaban J connectivity index is 1.80. The van der Waals surface area contributed by atoms with Crippen molar-refractivity contribution >= 4 is 38.3 Å². The van der Waals surface area contributed by atoms with Crippen LogP contribution in [0.1, 0.15) is 27.3 Å². The lowest BCUT2D eigenvalue weighted by Gasteiger charge is -2.04. The smallest absolute Gasteiger partial charge is 0.258 e. The van der Waals surface area contributed by atoms with Gasteiger partial charge in [0.05, 0.1) is 11.3 Å². The number of hydrogen-bond acceptors (Lipinski definition) is 3. The summed E-state index contributed by atoms with van der Waals surface area (Å²) in [4.78, 5) is 17.7. The lowest BCUT2D eigenvalue weighted by molar-refractivity contribution is 0.102. The molecule has 0 saturated carbocycles. The minimum Gasteiger partial charge on any atom is -0.298 e. The molecule has 0 radical (unpaired) electrons. The Labute approximate surface area is 122 Å². The fraction of sp³-hybridized carbons (Fsp3) is 0.231. The summed E-state index contributed by atoms with van der Waals surface area (Å²) in [5.41, 5.74) is 1.50. The largest absolute Gasteiger partial charge is 0.298 e. The fourth-order valence-electron chi connectivity index (χ4n) is 2.08. The molecule has 1 amide bonds. The molecule has 1 aliphatic rings. The SMILES string of the molecule is O=C(Nc1nc2c(s1)CCC2)c1ccc(F)cc1Br. The molecular formula is C13H10BrFN2OS. The van der Waals surface area contributed by atoms with Crippen LogP contribution >= 0.6 is 27.3 Å². The lowest BCUT2D eigenvalue weighted by Crippen LogP contribution is -2.12. The normalized spacial score (nSPS) is 13.4. The van der Waals surface area contributed by atoms with Crippen LogP contribution in [0.3, 0.4) is 0 Å². The number of carbonyl (C=O) groups excluding carboxylic acids is 1. The summed E-state index contributed by atoms with van der Waals surface area (Å²) in [7, 11) is 0. The van der Waals surface area contributed by atoms with Gasteiger partial charge in [0.15, 0.2) is 5.13 Å². The molecule has 1 aromatic heterocycles. The molecule has 0 spiro atoms. The maximum atomic E-state index is 13.0. The molecule has 1 N–H and O–H groups in total. The number of anilines is 1. The van der Waals surface area contributed by atoms with Gasteiger partial charge in [-0.05, 0) is 53.4 Å². The van der Waals surface area contributed by atoms with Gasteiger partial charge in [0, 0.05) is 9.35 Å². The van der Waals surface area contributed by atoms with Crippen molar-refractivity contribution < 1.29 is 9.18 Å². The Morgan fingerprint density at radius 1 is 1.42 bits per heavy atom. The maximum Gasteiger partial charge on any atom is 0.258 e. The van der Waals surface area contributed by atoms with E-state index in [0.717, 1.165) is 25.0 Å². The van der Waals surface area contributed by atoms with Crippen LogP contribution in [-0.2, 0) is 12.8 Å². The van der Waals surface area contributed by atoms with Crippen LogP contribution in [-0.4, -0.2) is 10.9 Å². The van der Waals surface area contributed by atoms with E-state index in [4.69, 9.17) is 0 Å². The van der Waals surface area contributed by atoms with E-state index in [1.54, 1.807) is 0 Å². The predicted molar refractivity (Wildman–Crippen MR) is 76.2 cm³/mol. The number of benzene rings is 1. The Hall–Kier alpha value is -1.27. The van der Waals surface area contributed by atoms with Crippen molar-refractivity contribution in [3.8, 4) is 0 Å². The number of halogens is 2. The first kappa shape index (κ1) is 12.7. The average Bonchev–Trinajstić information content (AvgIpc) is 2.89. The highest BCUT2D eigenvalue weighted by Crippen LogP contribution is 2.31. The Morgan fingerprint density at radius 3 is 3.00 bits per heavy atom. The summed E-state index contributed by atoms with van der Waals surface area (Å²) in [5.74, 6) is -0.657. The molecule has 3 rings (SSSR count). The van der Waals surface area contributed by atoms with E-state index >= 15 is 0 Å². The van der Waals surface area contributed by atoms with E-state index in [0.29, 0.717) is 15.2 Å². The zero-order chi connectivity index (χ0) is 13.4. The van der Waals surface area contributed by atoms with Crippen molar-refractivity contribution in [2.75, 3.05) is 5.32 Å². The lowest BCUT2D eigenvalue weighted by atomic mass is 10.2. The second kappa shape index (κ2) is 5.02. The third kappa shape index (κ3) is 2.55. The van der Waals surface area contributed by atoms with Crippen LogP contribution in [0, 0.1) is 5.82 Å². The molecule has 0 bridgehead atoms. The fourth-order valence-corrected chi connectivity index (χ4v) is 3.66. The standard InChI is InChI=1S/C13H10BrFN2OS/c14-9-6-7(15)4-5-8(9)12(18)17-13-16-10-2-1-3-11(10)19-13/h4-6H,1-3H2,(H,16,17,18).